The molecule has 0 atom stereocenters. The number of rotatable bonds is 4. The van der Waals surface area contributed by atoms with Gasteiger partial charge in [0.25, 0.3) is 5.56 Å². The lowest BCUT2D eigenvalue weighted by Gasteiger charge is -2.10. The zero-order valence-corrected chi connectivity index (χ0v) is 13.6. The number of nitriles is 1. The number of carbonyl (C=O) groups is 1. The Kier molecular flexibility index (Phi) is 4.57. The van der Waals surface area contributed by atoms with E-state index in [0.29, 0.717) is 16.3 Å². The van der Waals surface area contributed by atoms with E-state index in [1.807, 2.05) is 0 Å². The molecule has 0 amide bonds. The fraction of sp³-hybridized carbons (Fsp3) is 0.158. The Morgan fingerprint density at radius 3 is 2.68 bits per heavy atom. The molecule has 6 nitrogen and oxygen atoms in total. The smallest absolute Gasteiger partial charge is 0.359 e. The molecule has 0 spiro atoms. The van der Waals surface area contributed by atoms with Gasteiger partial charge in [-0.2, -0.15) is 10.4 Å². The lowest BCUT2D eigenvalue weighted by atomic mass is 10.1. The molecule has 124 valence electrons. The summed E-state index contributed by atoms with van der Waals surface area (Å²) in [5, 5.41) is 14.1. The largest absolute Gasteiger partial charge is 0.461 e. The summed E-state index contributed by atoms with van der Waals surface area (Å²) >= 11 is 0. The standard InChI is InChI=1S/C19H15N3O3/c1-2-25-19(24)17-15-8-3-4-9-16(15)18(23)22(21-17)12-14-7-5-6-13(10-14)11-20/h3-10H,2,12H2,1H3. The average molecular weight is 333 g/mol. The summed E-state index contributed by atoms with van der Waals surface area (Å²) in [6.07, 6.45) is 0. The van der Waals surface area contributed by atoms with Crippen LogP contribution in [-0.4, -0.2) is 22.4 Å². The normalized spacial score (nSPS) is 10.4. The molecule has 0 radical (unpaired) electrons. The highest BCUT2D eigenvalue weighted by molar-refractivity contribution is 6.02. The molecule has 0 saturated carbocycles. The minimum atomic E-state index is -0.571. The van der Waals surface area contributed by atoms with E-state index in [1.165, 1.54) is 4.68 Å². The van der Waals surface area contributed by atoms with Crippen LogP contribution in [0.1, 0.15) is 28.5 Å². The molecule has 3 aromatic rings. The van der Waals surface area contributed by atoms with E-state index >= 15 is 0 Å². The SMILES string of the molecule is CCOC(=O)c1nn(Cc2cccc(C#N)c2)c(=O)c2ccccc12. The molecular formula is C19H15N3O3. The van der Waals surface area contributed by atoms with Gasteiger partial charge in [0, 0.05) is 5.39 Å². The van der Waals surface area contributed by atoms with Gasteiger partial charge >= 0.3 is 5.97 Å². The second-order valence-corrected chi connectivity index (χ2v) is 5.39. The highest BCUT2D eigenvalue weighted by Crippen LogP contribution is 2.15. The predicted octanol–water partition coefficient (Wildman–Crippen LogP) is 2.49. The second-order valence-electron chi connectivity index (χ2n) is 5.39. The maximum atomic E-state index is 12.7. The minimum Gasteiger partial charge on any atom is -0.461 e. The molecule has 1 heterocycles. The van der Waals surface area contributed by atoms with E-state index < -0.39 is 5.97 Å². The van der Waals surface area contributed by atoms with Crippen molar-refractivity contribution in [2.24, 2.45) is 0 Å². The first-order valence-electron chi connectivity index (χ1n) is 7.80. The average Bonchev–Trinajstić information content (AvgIpc) is 2.64. The number of aromatic nitrogens is 2. The molecule has 0 bridgehead atoms. The van der Waals surface area contributed by atoms with E-state index in [1.54, 1.807) is 55.5 Å². The Hall–Kier alpha value is -3.46. The quantitative estimate of drug-likeness (QED) is 0.685. The monoisotopic (exact) mass is 333 g/mol. The van der Waals surface area contributed by atoms with Crippen molar-refractivity contribution in [1.82, 2.24) is 9.78 Å². The summed E-state index contributed by atoms with van der Waals surface area (Å²) < 4.78 is 6.29. The zero-order chi connectivity index (χ0) is 17.8. The molecule has 0 aliphatic rings. The third-order valence-corrected chi connectivity index (χ3v) is 3.72. The van der Waals surface area contributed by atoms with E-state index in [9.17, 15) is 9.59 Å². The Balaban J connectivity index is 2.15. The van der Waals surface area contributed by atoms with Gasteiger partial charge in [0.2, 0.25) is 0 Å². The molecule has 1 aromatic heterocycles. The molecule has 3 rings (SSSR count). The minimum absolute atomic E-state index is 0.105. The molecule has 6 heteroatoms. The fourth-order valence-corrected chi connectivity index (χ4v) is 2.60. The Labute approximate surface area is 143 Å². The molecule has 0 aliphatic carbocycles. The van der Waals surface area contributed by atoms with Gasteiger partial charge in [-0.05, 0) is 30.7 Å². The van der Waals surface area contributed by atoms with Crippen molar-refractivity contribution in [2.75, 3.05) is 6.61 Å². The van der Waals surface area contributed by atoms with E-state index in [-0.39, 0.29) is 24.4 Å². The number of esters is 1. The van der Waals surface area contributed by atoms with Crippen molar-refractivity contribution >= 4 is 16.7 Å². The lowest BCUT2D eigenvalue weighted by molar-refractivity contribution is 0.0519. The first-order valence-corrected chi connectivity index (χ1v) is 7.80. The molecule has 0 N–H and O–H groups in total. The number of carbonyl (C=O) groups excluding carboxylic acids is 1. The van der Waals surface area contributed by atoms with Crippen LogP contribution >= 0.6 is 0 Å². The summed E-state index contributed by atoms with van der Waals surface area (Å²) in [6, 6.07) is 15.8. The van der Waals surface area contributed by atoms with Gasteiger partial charge in [-0.15, -0.1) is 0 Å². The van der Waals surface area contributed by atoms with E-state index in [0.717, 1.165) is 5.56 Å². The van der Waals surface area contributed by atoms with Crippen LogP contribution in [0.5, 0.6) is 0 Å². The summed E-state index contributed by atoms with van der Waals surface area (Å²) in [5.41, 5.74) is 1.05. The van der Waals surface area contributed by atoms with Crippen LogP contribution in [-0.2, 0) is 11.3 Å². The number of benzene rings is 2. The van der Waals surface area contributed by atoms with Crippen molar-refractivity contribution in [1.29, 1.82) is 5.26 Å². The van der Waals surface area contributed by atoms with Crippen LogP contribution < -0.4 is 5.56 Å². The van der Waals surface area contributed by atoms with Gasteiger partial charge < -0.3 is 4.74 Å². The summed E-state index contributed by atoms with van der Waals surface area (Å²) in [6.45, 7) is 2.09. The highest BCUT2D eigenvalue weighted by atomic mass is 16.5. The van der Waals surface area contributed by atoms with Crippen molar-refractivity contribution in [3.05, 3.63) is 75.7 Å². The maximum Gasteiger partial charge on any atom is 0.359 e. The molecule has 0 aliphatic heterocycles. The molecule has 2 aromatic carbocycles. The van der Waals surface area contributed by atoms with Crippen LogP contribution in [0.3, 0.4) is 0 Å². The topological polar surface area (TPSA) is 85.0 Å². The van der Waals surface area contributed by atoms with Crippen molar-refractivity contribution in [3.8, 4) is 6.07 Å². The van der Waals surface area contributed by atoms with Gasteiger partial charge in [-0.3, -0.25) is 4.79 Å². The van der Waals surface area contributed by atoms with Crippen LogP contribution in [0, 0.1) is 11.3 Å². The molecule has 0 unspecified atom stereocenters. The molecule has 0 fully saturated rings. The third-order valence-electron chi connectivity index (χ3n) is 3.72. The van der Waals surface area contributed by atoms with Crippen molar-refractivity contribution in [2.45, 2.75) is 13.5 Å². The number of ether oxygens (including phenoxy) is 1. The first kappa shape index (κ1) is 16.4. The number of hydrogen-bond donors (Lipinski definition) is 0. The Bertz CT molecular complexity index is 1050. The summed E-state index contributed by atoms with van der Waals surface area (Å²) in [7, 11) is 0. The Morgan fingerprint density at radius 1 is 1.20 bits per heavy atom. The molecular weight excluding hydrogens is 318 g/mol. The van der Waals surface area contributed by atoms with Gasteiger partial charge in [-0.25, -0.2) is 9.48 Å². The van der Waals surface area contributed by atoms with Gasteiger partial charge in [0.05, 0.1) is 30.2 Å². The second kappa shape index (κ2) is 6.97. The summed E-state index contributed by atoms with van der Waals surface area (Å²) in [4.78, 5) is 24.9. The zero-order valence-electron chi connectivity index (χ0n) is 13.6. The number of fused-ring (bicyclic) bond motifs is 1. The van der Waals surface area contributed by atoms with Crippen LogP contribution in [0.4, 0.5) is 0 Å². The highest BCUT2D eigenvalue weighted by Gasteiger charge is 2.17. The lowest BCUT2D eigenvalue weighted by Crippen LogP contribution is -2.27. The molecule has 25 heavy (non-hydrogen) atoms. The third kappa shape index (κ3) is 3.26. The summed E-state index contributed by atoms with van der Waals surface area (Å²) in [5.74, 6) is -0.571. The van der Waals surface area contributed by atoms with Gasteiger partial charge in [0.15, 0.2) is 5.69 Å². The van der Waals surface area contributed by atoms with Crippen LogP contribution in [0.25, 0.3) is 10.8 Å². The Morgan fingerprint density at radius 2 is 1.96 bits per heavy atom. The van der Waals surface area contributed by atoms with Gasteiger partial charge in [0.1, 0.15) is 0 Å². The molecule has 0 saturated heterocycles. The van der Waals surface area contributed by atoms with E-state index in [4.69, 9.17) is 10.00 Å². The van der Waals surface area contributed by atoms with Gasteiger partial charge in [-0.1, -0.05) is 30.3 Å². The number of hydrogen-bond acceptors (Lipinski definition) is 5. The van der Waals surface area contributed by atoms with Crippen molar-refractivity contribution in [3.63, 3.8) is 0 Å². The van der Waals surface area contributed by atoms with Crippen LogP contribution in [0.2, 0.25) is 0 Å². The van der Waals surface area contributed by atoms with Crippen LogP contribution in [0.15, 0.2) is 53.3 Å². The number of nitrogens with zero attached hydrogens (tertiary/aromatic N) is 3. The first-order chi connectivity index (χ1) is 12.1. The maximum absolute atomic E-state index is 12.7. The van der Waals surface area contributed by atoms with Crippen molar-refractivity contribution < 1.29 is 9.53 Å². The predicted molar refractivity (Wildman–Crippen MR) is 92.2 cm³/mol. The fourth-order valence-electron chi connectivity index (χ4n) is 2.60. The van der Waals surface area contributed by atoms with E-state index in [2.05, 4.69) is 11.2 Å².